The minimum Gasteiger partial charge on any atom is -0.319 e. The summed E-state index contributed by atoms with van der Waals surface area (Å²) in [6.07, 6.45) is 2.70. The van der Waals surface area contributed by atoms with E-state index >= 15 is 0 Å². The maximum atomic E-state index is 12.7. The van der Waals surface area contributed by atoms with Gasteiger partial charge in [0, 0.05) is 6.20 Å². The molecule has 0 saturated heterocycles. The Kier molecular flexibility index (Phi) is 5.33. The van der Waals surface area contributed by atoms with Gasteiger partial charge in [0.2, 0.25) is 0 Å². The van der Waals surface area contributed by atoms with E-state index in [2.05, 4.69) is 42.0 Å². The van der Waals surface area contributed by atoms with Crippen molar-refractivity contribution in [2.75, 3.05) is 5.32 Å². The van der Waals surface area contributed by atoms with Crippen LogP contribution >= 0.6 is 39.1 Å². The zero-order chi connectivity index (χ0) is 19.1. The quantitative estimate of drug-likeness (QED) is 0.508. The summed E-state index contributed by atoms with van der Waals surface area (Å²) in [4.78, 5) is 17.4. The summed E-state index contributed by atoms with van der Waals surface area (Å²) in [7, 11) is 0. The van der Waals surface area contributed by atoms with Crippen molar-refractivity contribution < 1.29 is 4.79 Å². The van der Waals surface area contributed by atoms with E-state index in [4.69, 9.17) is 28.2 Å². The number of rotatable bonds is 3. The fraction of sp³-hybridized carbons (Fsp3) is 0.263. The summed E-state index contributed by atoms with van der Waals surface area (Å²) in [5.74, 6) is -0.370. The second-order valence-corrected chi connectivity index (χ2v) is 8.82. The molecule has 0 aliphatic heterocycles. The van der Waals surface area contributed by atoms with Gasteiger partial charge in [-0.25, -0.2) is 4.98 Å². The largest absolute Gasteiger partial charge is 0.319 e. The van der Waals surface area contributed by atoms with Crippen LogP contribution in [0, 0.1) is 5.41 Å². The van der Waals surface area contributed by atoms with Crippen molar-refractivity contribution >= 4 is 56.4 Å². The minimum atomic E-state index is -0.370. The first-order valence-corrected chi connectivity index (χ1v) is 9.63. The molecular formula is C19H18BrCl2N3O. The fourth-order valence-corrected chi connectivity index (χ4v) is 3.78. The Morgan fingerprint density at radius 3 is 2.46 bits per heavy atom. The van der Waals surface area contributed by atoms with Crippen molar-refractivity contribution in [1.29, 1.82) is 0 Å². The van der Waals surface area contributed by atoms with E-state index in [1.807, 2.05) is 16.7 Å². The fourth-order valence-electron chi connectivity index (χ4n) is 2.70. The Hall–Kier alpha value is -1.56. The molecular weight excluding hydrogens is 437 g/mol. The molecule has 1 amide bonds. The number of hydrogen-bond donors (Lipinski definition) is 1. The molecule has 3 aromatic rings. The number of carbonyl (C=O) groups excluding carboxylic acids is 1. The number of amides is 1. The Bertz CT molecular complexity index is 972. The highest BCUT2D eigenvalue weighted by Crippen LogP contribution is 2.30. The molecule has 7 heteroatoms. The van der Waals surface area contributed by atoms with Gasteiger partial charge in [-0.2, -0.15) is 0 Å². The third-order valence-electron chi connectivity index (χ3n) is 3.79. The Morgan fingerprint density at radius 1 is 1.19 bits per heavy atom. The molecule has 0 atom stereocenters. The summed E-state index contributed by atoms with van der Waals surface area (Å²) in [5, 5.41) is 3.49. The molecule has 1 aromatic carbocycles. The van der Waals surface area contributed by atoms with Gasteiger partial charge in [0.1, 0.15) is 4.60 Å². The van der Waals surface area contributed by atoms with Crippen LogP contribution in [0.5, 0.6) is 0 Å². The maximum Gasteiger partial charge on any atom is 0.258 e. The van der Waals surface area contributed by atoms with Crippen LogP contribution in [0.3, 0.4) is 0 Å². The van der Waals surface area contributed by atoms with E-state index in [1.54, 1.807) is 24.3 Å². The van der Waals surface area contributed by atoms with Crippen molar-refractivity contribution in [2.24, 2.45) is 5.41 Å². The lowest BCUT2D eigenvalue weighted by Crippen LogP contribution is -2.14. The van der Waals surface area contributed by atoms with Crippen molar-refractivity contribution in [2.45, 2.75) is 27.2 Å². The second-order valence-electron chi connectivity index (χ2n) is 7.25. The first-order chi connectivity index (χ1) is 12.2. The zero-order valence-electron chi connectivity index (χ0n) is 14.6. The predicted octanol–water partition coefficient (Wildman–Crippen LogP) is 6.24. The normalized spacial score (nSPS) is 11.8. The Labute approximate surface area is 170 Å². The highest BCUT2D eigenvalue weighted by molar-refractivity contribution is 9.10. The molecule has 136 valence electrons. The molecule has 2 aromatic heterocycles. The number of halogens is 3. The van der Waals surface area contributed by atoms with E-state index in [9.17, 15) is 4.79 Å². The second kappa shape index (κ2) is 7.22. The standard InChI is InChI=1S/C19H18BrCl2N3O/c1-19(2,3)10-14-16(20)25-9-5-8-13(17(25)23-14)24-18(26)15-11(21)6-4-7-12(15)22/h4-9H,10H2,1-3H3,(H,24,26). The maximum absolute atomic E-state index is 12.7. The number of hydrogen-bond acceptors (Lipinski definition) is 2. The van der Waals surface area contributed by atoms with E-state index < -0.39 is 0 Å². The number of aromatic nitrogens is 2. The van der Waals surface area contributed by atoms with Crippen LogP contribution in [0.2, 0.25) is 10.0 Å². The SMILES string of the molecule is CC(C)(C)Cc1nc2c(NC(=O)c3c(Cl)cccc3Cl)cccn2c1Br. The third-order valence-corrected chi connectivity index (χ3v) is 5.26. The lowest BCUT2D eigenvalue weighted by Gasteiger charge is -2.16. The van der Waals surface area contributed by atoms with Gasteiger partial charge in [-0.3, -0.25) is 9.20 Å². The minimum absolute atomic E-state index is 0.0922. The number of pyridine rings is 1. The number of nitrogens with zero attached hydrogens (tertiary/aromatic N) is 2. The Balaban J connectivity index is 2.01. The van der Waals surface area contributed by atoms with Gasteiger partial charge in [0.05, 0.1) is 27.0 Å². The lowest BCUT2D eigenvalue weighted by atomic mass is 9.91. The molecule has 0 spiro atoms. The smallest absolute Gasteiger partial charge is 0.258 e. The number of nitrogens with one attached hydrogen (secondary N) is 1. The van der Waals surface area contributed by atoms with Gasteiger partial charge >= 0.3 is 0 Å². The Morgan fingerprint density at radius 2 is 1.85 bits per heavy atom. The van der Waals surface area contributed by atoms with E-state index in [0.29, 0.717) is 21.4 Å². The topological polar surface area (TPSA) is 46.4 Å². The van der Waals surface area contributed by atoms with Gasteiger partial charge in [0.25, 0.3) is 5.91 Å². The summed E-state index contributed by atoms with van der Waals surface area (Å²) in [6, 6.07) is 8.63. The molecule has 0 aliphatic rings. The van der Waals surface area contributed by atoms with Gasteiger partial charge < -0.3 is 5.32 Å². The number of carbonyl (C=O) groups is 1. The molecule has 0 bridgehead atoms. The number of fused-ring (bicyclic) bond motifs is 1. The average molecular weight is 455 g/mol. The van der Waals surface area contributed by atoms with E-state index in [0.717, 1.165) is 16.7 Å². The van der Waals surface area contributed by atoms with Gasteiger partial charge in [-0.1, -0.05) is 50.0 Å². The number of anilines is 1. The van der Waals surface area contributed by atoms with Crippen molar-refractivity contribution in [3.05, 3.63) is 62.4 Å². The van der Waals surface area contributed by atoms with Gasteiger partial charge in [-0.15, -0.1) is 0 Å². The molecule has 3 rings (SSSR count). The first kappa shape index (κ1) is 19.2. The molecule has 4 nitrogen and oxygen atoms in total. The summed E-state index contributed by atoms with van der Waals surface area (Å²) in [6.45, 7) is 6.47. The van der Waals surface area contributed by atoms with Crippen LogP contribution in [0.1, 0.15) is 36.8 Å². The monoisotopic (exact) mass is 453 g/mol. The highest BCUT2D eigenvalue weighted by Gasteiger charge is 2.21. The van der Waals surface area contributed by atoms with Crippen LogP contribution in [0.15, 0.2) is 41.1 Å². The van der Waals surface area contributed by atoms with Crippen molar-refractivity contribution in [3.8, 4) is 0 Å². The molecule has 0 unspecified atom stereocenters. The third kappa shape index (κ3) is 3.90. The first-order valence-electron chi connectivity index (χ1n) is 8.08. The average Bonchev–Trinajstić information content (AvgIpc) is 2.83. The van der Waals surface area contributed by atoms with Gasteiger partial charge in [-0.05, 0) is 52.0 Å². The molecule has 2 heterocycles. The van der Waals surface area contributed by atoms with Crippen LogP contribution in [0.4, 0.5) is 5.69 Å². The van der Waals surface area contributed by atoms with Crippen LogP contribution in [0.25, 0.3) is 5.65 Å². The summed E-state index contributed by atoms with van der Waals surface area (Å²) < 4.78 is 2.79. The molecule has 0 fully saturated rings. The number of imidazole rings is 1. The highest BCUT2D eigenvalue weighted by atomic mass is 79.9. The lowest BCUT2D eigenvalue weighted by molar-refractivity contribution is 0.102. The molecule has 0 aliphatic carbocycles. The molecule has 26 heavy (non-hydrogen) atoms. The molecule has 0 saturated carbocycles. The van der Waals surface area contributed by atoms with E-state index in [-0.39, 0.29) is 16.9 Å². The van der Waals surface area contributed by atoms with Gasteiger partial charge in [0.15, 0.2) is 5.65 Å². The van der Waals surface area contributed by atoms with E-state index in [1.165, 1.54) is 0 Å². The zero-order valence-corrected chi connectivity index (χ0v) is 17.7. The van der Waals surface area contributed by atoms with Crippen LogP contribution in [-0.2, 0) is 6.42 Å². The van der Waals surface area contributed by atoms with Crippen molar-refractivity contribution in [3.63, 3.8) is 0 Å². The predicted molar refractivity (Wildman–Crippen MR) is 110 cm³/mol. The van der Waals surface area contributed by atoms with Crippen LogP contribution in [-0.4, -0.2) is 15.3 Å². The summed E-state index contributed by atoms with van der Waals surface area (Å²) >= 11 is 15.9. The van der Waals surface area contributed by atoms with Crippen molar-refractivity contribution in [1.82, 2.24) is 9.38 Å². The van der Waals surface area contributed by atoms with Crippen LogP contribution < -0.4 is 5.32 Å². The molecule has 1 N–H and O–H groups in total. The summed E-state index contributed by atoms with van der Waals surface area (Å²) in [5.41, 5.74) is 2.53. The molecule has 0 radical (unpaired) electrons. The number of benzene rings is 1.